The number of hydrogen-bond donors (Lipinski definition) is 1. The van der Waals surface area contributed by atoms with Crippen LogP contribution in [0.25, 0.3) is 11.0 Å². The van der Waals surface area contributed by atoms with Crippen molar-refractivity contribution in [1.29, 1.82) is 0 Å². The van der Waals surface area contributed by atoms with Gasteiger partial charge in [0.15, 0.2) is 5.65 Å². The Morgan fingerprint density at radius 1 is 1.40 bits per heavy atom. The summed E-state index contributed by atoms with van der Waals surface area (Å²) in [5.74, 6) is -0.0503. The molecule has 106 valence electrons. The molecule has 0 spiro atoms. The quantitative estimate of drug-likeness (QED) is 0.861. The highest BCUT2D eigenvalue weighted by Crippen LogP contribution is 2.31. The Labute approximate surface area is 117 Å². The van der Waals surface area contributed by atoms with E-state index in [0.717, 1.165) is 29.7 Å². The first-order valence-electron chi connectivity index (χ1n) is 7.02. The second-order valence-electron chi connectivity index (χ2n) is 5.32. The normalized spacial score (nSPS) is 14.3. The first kappa shape index (κ1) is 12.9. The molecule has 1 aliphatic heterocycles. The van der Waals surface area contributed by atoms with Crippen molar-refractivity contribution in [1.82, 2.24) is 19.7 Å². The Hall–Kier alpha value is -2.11. The molecule has 3 rings (SSSR count). The van der Waals surface area contributed by atoms with Crippen LogP contribution in [0.4, 0.5) is 5.69 Å². The number of pyridine rings is 1. The van der Waals surface area contributed by atoms with Gasteiger partial charge in [0.25, 0.3) is 5.91 Å². The van der Waals surface area contributed by atoms with Crippen molar-refractivity contribution in [2.75, 3.05) is 12.8 Å². The van der Waals surface area contributed by atoms with E-state index in [2.05, 4.69) is 17.0 Å². The van der Waals surface area contributed by atoms with Gasteiger partial charge in [-0.3, -0.25) is 4.79 Å². The van der Waals surface area contributed by atoms with Crippen molar-refractivity contribution < 1.29 is 4.79 Å². The van der Waals surface area contributed by atoms with Gasteiger partial charge in [0, 0.05) is 13.6 Å². The summed E-state index contributed by atoms with van der Waals surface area (Å²) in [5.41, 5.74) is 8.77. The number of rotatable bonds is 4. The third-order valence-corrected chi connectivity index (χ3v) is 3.82. The van der Waals surface area contributed by atoms with Gasteiger partial charge in [-0.25, -0.2) is 9.67 Å². The maximum Gasteiger partial charge on any atom is 0.258 e. The lowest BCUT2D eigenvalue weighted by Crippen LogP contribution is -2.18. The molecule has 2 aromatic rings. The van der Waals surface area contributed by atoms with Crippen molar-refractivity contribution in [3.63, 3.8) is 0 Å². The Balaban J connectivity index is 2.05. The SMILES string of the molecule is CCCCCn1ncc2c(N)c3c(nc21)CN(C)C3=O. The second-order valence-corrected chi connectivity index (χ2v) is 5.32. The summed E-state index contributed by atoms with van der Waals surface area (Å²) in [6.45, 7) is 3.53. The Morgan fingerprint density at radius 2 is 2.20 bits per heavy atom. The Morgan fingerprint density at radius 3 is 2.95 bits per heavy atom. The van der Waals surface area contributed by atoms with Gasteiger partial charge in [0.05, 0.1) is 35.1 Å². The molecule has 20 heavy (non-hydrogen) atoms. The van der Waals surface area contributed by atoms with Crippen LogP contribution >= 0.6 is 0 Å². The molecule has 2 aromatic heterocycles. The first-order valence-corrected chi connectivity index (χ1v) is 7.02. The van der Waals surface area contributed by atoms with Crippen LogP contribution in [0.3, 0.4) is 0 Å². The van der Waals surface area contributed by atoms with Gasteiger partial charge in [-0.15, -0.1) is 0 Å². The number of unbranched alkanes of at least 4 members (excludes halogenated alkanes) is 2. The van der Waals surface area contributed by atoms with Crippen molar-refractivity contribution >= 4 is 22.6 Å². The lowest BCUT2D eigenvalue weighted by atomic mass is 10.1. The monoisotopic (exact) mass is 273 g/mol. The number of nitrogens with two attached hydrogens (primary N) is 1. The number of aryl methyl sites for hydroxylation is 1. The predicted octanol–water partition coefficient (Wildman–Crippen LogP) is 1.79. The zero-order valence-electron chi connectivity index (χ0n) is 11.9. The maximum atomic E-state index is 12.1. The highest BCUT2D eigenvalue weighted by Gasteiger charge is 2.30. The summed E-state index contributed by atoms with van der Waals surface area (Å²) in [4.78, 5) is 18.3. The van der Waals surface area contributed by atoms with Crippen LogP contribution in [0.5, 0.6) is 0 Å². The molecular formula is C14H19N5O. The number of carbonyl (C=O) groups is 1. The minimum atomic E-state index is -0.0503. The number of nitrogens with zero attached hydrogens (tertiary/aromatic N) is 4. The van der Waals surface area contributed by atoms with Crippen molar-refractivity contribution in [2.24, 2.45) is 0 Å². The molecule has 0 aromatic carbocycles. The van der Waals surface area contributed by atoms with E-state index in [1.165, 1.54) is 12.8 Å². The molecule has 1 aliphatic rings. The minimum Gasteiger partial charge on any atom is -0.397 e. The van der Waals surface area contributed by atoms with Crippen molar-refractivity contribution in [3.05, 3.63) is 17.5 Å². The summed E-state index contributed by atoms with van der Waals surface area (Å²) in [7, 11) is 1.77. The molecule has 0 saturated carbocycles. The second kappa shape index (κ2) is 4.77. The summed E-state index contributed by atoms with van der Waals surface area (Å²) >= 11 is 0. The molecule has 0 atom stereocenters. The third-order valence-electron chi connectivity index (χ3n) is 3.82. The molecule has 0 saturated heterocycles. The topological polar surface area (TPSA) is 77.0 Å². The van der Waals surface area contributed by atoms with Crippen LogP contribution in [0.15, 0.2) is 6.20 Å². The van der Waals surface area contributed by atoms with Gasteiger partial charge in [0.1, 0.15) is 0 Å². The lowest BCUT2D eigenvalue weighted by Gasteiger charge is -2.05. The van der Waals surface area contributed by atoms with Gasteiger partial charge >= 0.3 is 0 Å². The number of amides is 1. The van der Waals surface area contributed by atoms with Gasteiger partial charge in [-0.2, -0.15) is 5.10 Å². The van der Waals surface area contributed by atoms with E-state index in [1.54, 1.807) is 18.1 Å². The molecule has 0 radical (unpaired) electrons. The fraction of sp³-hybridized carbons (Fsp3) is 0.500. The van der Waals surface area contributed by atoms with Gasteiger partial charge in [-0.05, 0) is 6.42 Å². The molecule has 0 fully saturated rings. The summed E-state index contributed by atoms with van der Waals surface area (Å²) < 4.78 is 1.89. The molecule has 6 heteroatoms. The smallest absolute Gasteiger partial charge is 0.258 e. The molecule has 2 N–H and O–H groups in total. The van der Waals surface area contributed by atoms with E-state index in [9.17, 15) is 4.79 Å². The van der Waals surface area contributed by atoms with Crippen LogP contribution in [0.1, 0.15) is 42.2 Å². The summed E-state index contributed by atoms with van der Waals surface area (Å²) in [6, 6.07) is 0. The molecule has 1 amide bonds. The largest absolute Gasteiger partial charge is 0.397 e. The molecule has 0 unspecified atom stereocenters. The van der Waals surface area contributed by atoms with Crippen LogP contribution in [0, 0.1) is 0 Å². The van der Waals surface area contributed by atoms with E-state index < -0.39 is 0 Å². The number of anilines is 1. The van der Waals surface area contributed by atoms with E-state index in [-0.39, 0.29) is 5.91 Å². The van der Waals surface area contributed by atoms with Gasteiger partial charge in [0.2, 0.25) is 0 Å². The van der Waals surface area contributed by atoms with E-state index >= 15 is 0 Å². The van der Waals surface area contributed by atoms with Crippen molar-refractivity contribution in [2.45, 2.75) is 39.3 Å². The number of nitrogen functional groups attached to an aromatic ring is 1. The molecule has 6 nitrogen and oxygen atoms in total. The Bertz CT molecular complexity index is 676. The Kier molecular flexibility index (Phi) is 3.08. The van der Waals surface area contributed by atoms with E-state index in [0.29, 0.717) is 17.8 Å². The zero-order valence-corrected chi connectivity index (χ0v) is 11.9. The van der Waals surface area contributed by atoms with E-state index in [4.69, 9.17) is 5.73 Å². The summed E-state index contributed by atoms with van der Waals surface area (Å²) in [6.07, 6.45) is 5.13. The average molecular weight is 273 g/mol. The molecule has 3 heterocycles. The maximum absolute atomic E-state index is 12.1. The number of aromatic nitrogens is 3. The van der Waals surface area contributed by atoms with Crippen molar-refractivity contribution in [3.8, 4) is 0 Å². The molecule has 0 aliphatic carbocycles. The average Bonchev–Trinajstić information content (AvgIpc) is 2.94. The number of hydrogen-bond acceptors (Lipinski definition) is 4. The molecule has 0 bridgehead atoms. The fourth-order valence-corrected chi connectivity index (χ4v) is 2.68. The van der Waals surface area contributed by atoms with Gasteiger partial charge < -0.3 is 10.6 Å². The zero-order chi connectivity index (χ0) is 14.3. The lowest BCUT2D eigenvalue weighted by molar-refractivity contribution is 0.0817. The standard InChI is InChI=1S/C14H19N5O/c1-3-4-5-6-19-13-9(7-16-19)12(15)11-10(17-13)8-18(2)14(11)20/h7H,3-6,8H2,1-2H3,(H2,15,17). The highest BCUT2D eigenvalue weighted by atomic mass is 16.2. The highest BCUT2D eigenvalue weighted by molar-refractivity contribution is 6.08. The van der Waals surface area contributed by atoms with Gasteiger partial charge in [-0.1, -0.05) is 19.8 Å². The number of carbonyl (C=O) groups excluding carboxylic acids is 1. The minimum absolute atomic E-state index is 0.0503. The van der Waals surface area contributed by atoms with Crippen LogP contribution in [-0.2, 0) is 13.1 Å². The number of fused-ring (bicyclic) bond motifs is 2. The first-order chi connectivity index (χ1) is 9.63. The van der Waals surface area contributed by atoms with Crippen LogP contribution in [0.2, 0.25) is 0 Å². The fourth-order valence-electron chi connectivity index (χ4n) is 2.68. The van der Waals surface area contributed by atoms with E-state index in [1.807, 2.05) is 4.68 Å². The molecular weight excluding hydrogens is 254 g/mol. The predicted molar refractivity (Wildman–Crippen MR) is 77.3 cm³/mol. The van der Waals surface area contributed by atoms with Crippen LogP contribution in [-0.4, -0.2) is 32.6 Å². The third kappa shape index (κ3) is 1.83. The van der Waals surface area contributed by atoms with Crippen LogP contribution < -0.4 is 5.73 Å². The summed E-state index contributed by atoms with van der Waals surface area (Å²) in [5, 5.41) is 5.14.